The molecule has 2 saturated heterocycles. The predicted octanol–water partition coefficient (Wildman–Crippen LogP) is 5.86. The maximum atomic E-state index is 14.7. The van der Waals surface area contributed by atoms with E-state index in [2.05, 4.69) is 78.4 Å². The molecule has 4 amide bonds. The zero-order valence-electron chi connectivity index (χ0n) is 40.1. The number of likely N-dealkylation sites (N-methyl/N-ethyl adjacent to an activating group) is 1. The van der Waals surface area contributed by atoms with Crippen LogP contribution in [0.5, 0.6) is 0 Å². The van der Waals surface area contributed by atoms with Crippen LogP contribution >= 0.6 is 0 Å². The van der Waals surface area contributed by atoms with Gasteiger partial charge in [0.2, 0.25) is 11.8 Å². The number of hydrazine groups is 1. The molecule has 6 atom stereocenters. The molecule has 66 heavy (non-hydrogen) atoms. The number of fused-ring (bicyclic) bond motifs is 6. The highest BCUT2D eigenvalue weighted by atomic mass is 16.5. The van der Waals surface area contributed by atoms with E-state index in [-0.39, 0.29) is 49.3 Å². The molecule has 0 spiro atoms. The van der Waals surface area contributed by atoms with Crippen LogP contribution in [0.15, 0.2) is 60.8 Å². The zero-order chi connectivity index (χ0) is 47.6. The minimum absolute atomic E-state index is 0.131. The number of ether oxygens (including phenoxy) is 2. The summed E-state index contributed by atoms with van der Waals surface area (Å²) in [5.41, 5.74) is 10.3. The second kappa shape index (κ2) is 19.8. The van der Waals surface area contributed by atoms with E-state index < -0.39 is 47.2 Å². The Morgan fingerprint density at radius 2 is 1.80 bits per heavy atom. The number of esters is 1. The van der Waals surface area contributed by atoms with E-state index >= 15 is 0 Å². The number of carbonyl (C=O) groups is 5. The van der Waals surface area contributed by atoms with E-state index in [1.807, 2.05) is 52.0 Å². The minimum atomic E-state index is -1.06. The normalized spacial score (nSPS) is 21.9. The van der Waals surface area contributed by atoms with Gasteiger partial charge in [-0.05, 0) is 97.4 Å². The number of hydrogen-bond acceptors (Lipinski definition) is 9. The van der Waals surface area contributed by atoms with Gasteiger partial charge in [-0.3, -0.25) is 34.0 Å². The lowest BCUT2D eigenvalue weighted by molar-refractivity contribution is -0.155. The average Bonchev–Trinajstić information content (AvgIpc) is 3.82. The first-order valence-corrected chi connectivity index (χ1v) is 23.1. The molecule has 7 rings (SSSR count). The van der Waals surface area contributed by atoms with Gasteiger partial charge in [0.25, 0.3) is 11.8 Å². The number of nitrogens with zero attached hydrogens (tertiary/aromatic N) is 5. The molecule has 3 aliphatic rings. The fourth-order valence-electron chi connectivity index (χ4n) is 10.0. The van der Waals surface area contributed by atoms with Gasteiger partial charge in [-0.15, -0.1) is 0 Å². The summed E-state index contributed by atoms with van der Waals surface area (Å²) in [5, 5.41) is 5.56. The lowest BCUT2D eigenvalue weighted by Gasteiger charge is -2.37. The first kappa shape index (κ1) is 47.9. The van der Waals surface area contributed by atoms with Gasteiger partial charge in [0.1, 0.15) is 18.1 Å². The summed E-state index contributed by atoms with van der Waals surface area (Å²) in [6.07, 6.45) is 3.26. The number of pyridine rings is 1. The summed E-state index contributed by atoms with van der Waals surface area (Å²) in [7, 11) is 5.36. The van der Waals surface area contributed by atoms with Crippen molar-refractivity contribution >= 4 is 40.5 Å². The summed E-state index contributed by atoms with van der Waals surface area (Å²) in [6.45, 7) is 14.5. The summed E-state index contributed by atoms with van der Waals surface area (Å²) < 4.78 is 14.1. The summed E-state index contributed by atoms with van der Waals surface area (Å²) in [4.78, 5) is 77.8. The number of rotatable bonds is 8. The van der Waals surface area contributed by atoms with Crippen LogP contribution in [0.3, 0.4) is 0 Å². The van der Waals surface area contributed by atoms with Gasteiger partial charge < -0.3 is 29.2 Å². The number of cyclic esters (lactones) is 1. The quantitative estimate of drug-likeness (QED) is 0.163. The molecule has 0 radical (unpaired) electrons. The molecule has 3 aliphatic heterocycles. The van der Waals surface area contributed by atoms with Crippen molar-refractivity contribution in [1.29, 1.82) is 0 Å². The Bertz CT molecular complexity index is 2570. The van der Waals surface area contributed by atoms with Crippen molar-refractivity contribution in [3.63, 3.8) is 0 Å². The van der Waals surface area contributed by atoms with Crippen molar-refractivity contribution in [3.05, 3.63) is 77.6 Å². The topological polar surface area (TPSA) is 155 Å². The van der Waals surface area contributed by atoms with E-state index in [0.717, 1.165) is 50.1 Å². The number of methoxy groups -OCH3 is 1. The lowest BCUT2D eigenvalue weighted by Crippen LogP contribution is -2.62. The molecule has 2 fully saturated rings. The Kier molecular flexibility index (Phi) is 14.4. The number of aromatic nitrogens is 2. The highest BCUT2D eigenvalue weighted by Crippen LogP contribution is 2.41. The van der Waals surface area contributed by atoms with Gasteiger partial charge in [-0.2, -0.15) is 0 Å². The molecule has 4 aromatic rings. The molecular formula is C52H65N7O7. The smallest absolute Gasteiger partial charge is 0.324 e. The van der Waals surface area contributed by atoms with Crippen molar-refractivity contribution in [2.75, 3.05) is 40.4 Å². The van der Waals surface area contributed by atoms with Crippen LogP contribution in [0, 0.1) is 35.0 Å². The van der Waals surface area contributed by atoms with Crippen molar-refractivity contribution in [2.45, 2.75) is 98.4 Å². The first-order valence-electron chi connectivity index (χ1n) is 23.1. The van der Waals surface area contributed by atoms with E-state index in [4.69, 9.17) is 14.5 Å². The second-order valence-electron chi connectivity index (χ2n) is 19.5. The monoisotopic (exact) mass is 899 g/mol. The first-order chi connectivity index (χ1) is 31.4. The maximum Gasteiger partial charge on any atom is 0.324 e. The van der Waals surface area contributed by atoms with Gasteiger partial charge in [0.05, 0.1) is 30.0 Å². The largest absolute Gasteiger partial charge is 0.464 e. The van der Waals surface area contributed by atoms with Crippen molar-refractivity contribution in [1.82, 2.24) is 35.1 Å². The molecule has 0 saturated carbocycles. The van der Waals surface area contributed by atoms with Crippen LogP contribution in [0.1, 0.15) is 84.2 Å². The number of hydrogen-bond donors (Lipinski definition) is 2. The molecule has 2 aromatic heterocycles. The molecular weight excluding hydrogens is 835 g/mol. The molecule has 0 aliphatic carbocycles. The number of carbonyl (C=O) groups excluding carboxylic acids is 5. The van der Waals surface area contributed by atoms with Crippen LogP contribution < -0.4 is 10.7 Å². The number of amides is 4. The van der Waals surface area contributed by atoms with Crippen LogP contribution in [-0.2, 0) is 53.3 Å². The van der Waals surface area contributed by atoms with E-state index in [9.17, 15) is 24.0 Å². The lowest BCUT2D eigenvalue weighted by atomic mass is 9.84. The molecule has 2 aromatic carbocycles. The summed E-state index contributed by atoms with van der Waals surface area (Å²) in [5.74, 6) is 2.32. The Morgan fingerprint density at radius 1 is 1.05 bits per heavy atom. The summed E-state index contributed by atoms with van der Waals surface area (Å²) >= 11 is 0. The Labute approximate surface area is 388 Å². The van der Waals surface area contributed by atoms with Gasteiger partial charge >= 0.3 is 5.97 Å². The van der Waals surface area contributed by atoms with Gasteiger partial charge in [0, 0.05) is 75.3 Å². The third kappa shape index (κ3) is 9.88. The Hall–Kier alpha value is -6.04. The standard InChI is InChI=1S/C52H65N7O7/c1-11-15-44(60)58-28-32(4)40(29-58)49(62)57(9)46(31(2)3)48(61)54-42-25-34-16-12-17-35(24-34)36-20-21-43-38(26-36)39(47(56(43)8)37-18-13-22-53-45(37)33(5)65-10)27-52(6,7)30-66-51(64)41-19-14-23-59(55-41)50(42)63/h12-13,16-18,20-22,24,26,31-33,40-42,46,55H,14,19,23,25,27-30H2,1-10H3,(H,54,61)/t32-,33-,40+,41-,42-,46-/m0/s1. The Balaban J connectivity index is 1.27. The van der Waals surface area contributed by atoms with E-state index in [0.29, 0.717) is 32.4 Å². The number of likely N-dealkylation sites (tertiary alicyclic amines) is 1. The van der Waals surface area contributed by atoms with Crippen LogP contribution in [0.4, 0.5) is 0 Å². The average molecular weight is 900 g/mol. The van der Waals surface area contributed by atoms with Crippen molar-refractivity contribution in [2.24, 2.45) is 30.2 Å². The predicted molar refractivity (Wildman–Crippen MR) is 253 cm³/mol. The van der Waals surface area contributed by atoms with Crippen molar-refractivity contribution in [3.8, 4) is 34.2 Å². The third-order valence-electron chi connectivity index (χ3n) is 13.6. The molecule has 350 valence electrons. The van der Waals surface area contributed by atoms with Gasteiger partial charge in [-0.1, -0.05) is 70.9 Å². The SMILES string of the molecule is CC#CC(=O)N1C[C@H](C)[C@H](C(=O)N(C)[C@H](C(=O)N[C@H]2Cc3cccc(c3)-c3ccc4c(c3)c(c(-c3cccnc3[C@H](C)OC)n4C)CC(C)(C)COC(=O)[C@@H]3CCCN(N3)C2=O)C(C)C)C1. The molecule has 0 unspecified atom stereocenters. The minimum Gasteiger partial charge on any atom is -0.464 e. The second-order valence-corrected chi connectivity index (χ2v) is 19.5. The van der Waals surface area contributed by atoms with E-state index in [1.165, 1.54) is 9.91 Å². The number of benzene rings is 2. The molecule has 2 N–H and O–H groups in total. The molecule has 14 nitrogen and oxygen atoms in total. The molecule has 14 heteroatoms. The van der Waals surface area contributed by atoms with Gasteiger partial charge in [0.15, 0.2) is 0 Å². The van der Waals surface area contributed by atoms with Crippen molar-refractivity contribution < 1.29 is 33.4 Å². The Morgan fingerprint density at radius 3 is 2.53 bits per heavy atom. The third-order valence-corrected chi connectivity index (χ3v) is 13.6. The zero-order valence-corrected chi connectivity index (χ0v) is 40.1. The molecule has 5 heterocycles. The number of nitrogens with one attached hydrogen (secondary N) is 2. The number of aryl methyl sites for hydroxylation is 1. The van der Waals surface area contributed by atoms with E-state index in [1.54, 1.807) is 32.2 Å². The van der Waals surface area contributed by atoms with Crippen LogP contribution in [0.2, 0.25) is 0 Å². The van der Waals surface area contributed by atoms with Crippen LogP contribution in [-0.4, -0.2) is 112 Å². The molecule has 6 bridgehead atoms. The highest BCUT2D eigenvalue weighted by Gasteiger charge is 2.42. The fourth-order valence-corrected chi connectivity index (χ4v) is 10.0. The summed E-state index contributed by atoms with van der Waals surface area (Å²) in [6, 6.07) is 15.7. The van der Waals surface area contributed by atoms with Crippen LogP contribution in [0.25, 0.3) is 33.3 Å². The highest BCUT2D eigenvalue weighted by molar-refractivity contribution is 5.97. The van der Waals surface area contributed by atoms with Gasteiger partial charge in [-0.25, -0.2) is 5.43 Å². The fraction of sp³-hybridized carbons (Fsp3) is 0.500. The maximum absolute atomic E-state index is 14.7.